The Morgan fingerprint density at radius 2 is 1.15 bits per heavy atom. The summed E-state index contributed by atoms with van der Waals surface area (Å²) in [7, 11) is 0. The molecule has 13 heteroatoms. The monoisotopic (exact) mass is 473 g/mol. The van der Waals surface area contributed by atoms with E-state index in [1.165, 1.54) is 6.92 Å². The Balaban J connectivity index is 5.42. The lowest BCUT2D eigenvalue weighted by Crippen LogP contribution is -2.57. The first kappa shape index (κ1) is 30.2. The van der Waals surface area contributed by atoms with Gasteiger partial charge in [0.2, 0.25) is 23.6 Å². The Kier molecular flexibility index (Phi) is 15.4. The van der Waals surface area contributed by atoms with Crippen LogP contribution in [0.3, 0.4) is 0 Å². The van der Waals surface area contributed by atoms with Gasteiger partial charge < -0.3 is 44.0 Å². The average Bonchev–Trinajstić information content (AvgIpc) is 2.74. The molecule has 0 fully saturated rings. The third-order valence-corrected chi connectivity index (χ3v) is 4.87. The van der Waals surface area contributed by atoms with E-state index in [0.29, 0.717) is 38.8 Å². The minimum atomic E-state index is -1.23. The Bertz CT molecular complexity index is 659. The summed E-state index contributed by atoms with van der Waals surface area (Å²) in [5.74, 6) is -3.91. The third-order valence-electron chi connectivity index (χ3n) is 4.87. The van der Waals surface area contributed by atoms with Crippen LogP contribution >= 0.6 is 0 Å². The van der Waals surface area contributed by atoms with Crippen LogP contribution in [-0.4, -0.2) is 72.0 Å². The van der Waals surface area contributed by atoms with Crippen molar-refractivity contribution in [1.82, 2.24) is 16.0 Å². The van der Waals surface area contributed by atoms with E-state index in [2.05, 4.69) is 16.0 Å². The fraction of sp³-hybridized carbons (Fsp3) is 0.750. The Morgan fingerprint density at radius 3 is 1.58 bits per heavy atom. The molecule has 0 aromatic heterocycles. The number of hydrogen-bond donors (Lipinski definition) is 8. The van der Waals surface area contributed by atoms with Gasteiger partial charge in [-0.2, -0.15) is 0 Å². The average molecular weight is 474 g/mol. The van der Waals surface area contributed by atoms with Gasteiger partial charge in [0.05, 0.1) is 6.04 Å². The quantitative estimate of drug-likeness (QED) is 0.0970. The molecule has 0 spiro atoms. The second-order valence-electron chi connectivity index (χ2n) is 7.88. The minimum Gasteiger partial charge on any atom is -0.480 e. The number of amides is 4. The summed E-state index contributed by atoms with van der Waals surface area (Å²) in [6, 6.07) is -4.26. The summed E-state index contributed by atoms with van der Waals surface area (Å²) in [4.78, 5) is 60.4. The number of nitrogens with one attached hydrogen (secondary N) is 3. The van der Waals surface area contributed by atoms with Crippen molar-refractivity contribution >= 4 is 29.6 Å². The molecule has 0 aliphatic carbocycles. The smallest absolute Gasteiger partial charge is 0.326 e. The second kappa shape index (κ2) is 16.8. The zero-order valence-electron chi connectivity index (χ0n) is 19.2. The lowest BCUT2D eigenvalue weighted by molar-refractivity contribution is -0.142. The van der Waals surface area contributed by atoms with Gasteiger partial charge in [0, 0.05) is 6.42 Å². The predicted molar refractivity (Wildman–Crippen MR) is 121 cm³/mol. The zero-order chi connectivity index (χ0) is 25.4. The molecule has 0 bridgehead atoms. The van der Waals surface area contributed by atoms with Crippen LogP contribution < -0.4 is 38.9 Å². The first-order chi connectivity index (χ1) is 15.5. The molecule has 12 N–H and O–H groups in total. The fourth-order valence-corrected chi connectivity index (χ4v) is 2.91. The summed E-state index contributed by atoms with van der Waals surface area (Å²) < 4.78 is 0. The highest BCUT2D eigenvalue weighted by Crippen LogP contribution is 2.07. The lowest BCUT2D eigenvalue weighted by Gasteiger charge is -2.25. The SMILES string of the molecule is CC(N)C(=O)NC(CCCCN)C(=O)NC(CCC(N)=O)C(=O)NC(CCCCN)C(=O)O. The maximum Gasteiger partial charge on any atom is 0.326 e. The highest BCUT2D eigenvalue weighted by molar-refractivity contribution is 5.94. The minimum absolute atomic E-state index is 0.140. The summed E-state index contributed by atoms with van der Waals surface area (Å²) in [5, 5.41) is 16.8. The van der Waals surface area contributed by atoms with Gasteiger partial charge in [0.1, 0.15) is 18.1 Å². The molecule has 0 heterocycles. The third kappa shape index (κ3) is 13.4. The number of unbranched alkanes of at least 4 members (excludes halogenated alkanes) is 2. The van der Waals surface area contributed by atoms with Gasteiger partial charge in [0.15, 0.2) is 0 Å². The number of carboxylic acid groups (broad SMARTS) is 1. The molecular weight excluding hydrogens is 434 g/mol. The molecule has 0 aliphatic rings. The van der Waals surface area contributed by atoms with Crippen LogP contribution in [0.15, 0.2) is 0 Å². The predicted octanol–water partition coefficient (Wildman–Crippen LogP) is -2.60. The zero-order valence-corrected chi connectivity index (χ0v) is 19.2. The lowest BCUT2D eigenvalue weighted by atomic mass is 10.0. The molecule has 13 nitrogen and oxygen atoms in total. The topological polar surface area (TPSA) is 246 Å². The number of aliphatic carboxylic acids is 1. The molecule has 0 rings (SSSR count). The van der Waals surface area contributed by atoms with E-state index in [9.17, 15) is 29.1 Å². The number of carbonyl (C=O) groups is 5. The van der Waals surface area contributed by atoms with E-state index in [1.807, 2.05) is 0 Å². The first-order valence-corrected chi connectivity index (χ1v) is 11.1. The molecule has 0 saturated heterocycles. The Morgan fingerprint density at radius 1 is 0.727 bits per heavy atom. The van der Waals surface area contributed by atoms with E-state index < -0.39 is 53.8 Å². The second-order valence-corrected chi connectivity index (χ2v) is 7.88. The molecule has 0 aliphatic heterocycles. The van der Waals surface area contributed by atoms with Gasteiger partial charge in [-0.05, 0) is 65.0 Å². The molecular formula is C20H39N7O6. The number of carbonyl (C=O) groups excluding carboxylic acids is 4. The van der Waals surface area contributed by atoms with Crippen LogP contribution in [0, 0.1) is 0 Å². The highest BCUT2D eigenvalue weighted by Gasteiger charge is 2.29. The number of rotatable bonds is 18. The fourth-order valence-electron chi connectivity index (χ4n) is 2.91. The maximum atomic E-state index is 12.9. The van der Waals surface area contributed by atoms with Crippen molar-refractivity contribution in [3.05, 3.63) is 0 Å². The van der Waals surface area contributed by atoms with Gasteiger partial charge in [-0.25, -0.2) is 4.79 Å². The number of hydrogen-bond acceptors (Lipinski definition) is 8. The van der Waals surface area contributed by atoms with Crippen LogP contribution in [0.2, 0.25) is 0 Å². The normalized spacial score (nSPS) is 14.4. The largest absolute Gasteiger partial charge is 0.480 e. The van der Waals surface area contributed by atoms with Crippen molar-refractivity contribution in [2.24, 2.45) is 22.9 Å². The van der Waals surface area contributed by atoms with Gasteiger partial charge in [-0.1, -0.05) is 0 Å². The number of primary amides is 1. The van der Waals surface area contributed by atoms with Crippen LogP contribution in [-0.2, 0) is 24.0 Å². The van der Waals surface area contributed by atoms with E-state index >= 15 is 0 Å². The Labute approximate surface area is 193 Å². The van der Waals surface area contributed by atoms with Crippen LogP contribution in [0.1, 0.15) is 58.3 Å². The van der Waals surface area contributed by atoms with Crippen LogP contribution in [0.5, 0.6) is 0 Å². The summed E-state index contributed by atoms with van der Waals surface area (Å²) in [5.41, 5.74) is 21.6. The standard InChI is InChI=1S/C20H39N7O6/c1-12(23)17(29)25-13(6-2-4-10-21)18(30)26-14(8-9-16(24)28)19(31)27-15(20(32)33)7-3-5-11-22/h12-15H,2-11,21-23H2,1H3,(H2,24,28)(H,25,29)(H,26,30)(H,27,31)(H,32,33). The maximum absolute atomic E-state index is 12.9. The summed E-state index contributed by atoms with van der Waals surface area (Å²) in [6.07, 6.45) is 2.28. The van der Waals surface area contributed by atoms with Gasteiger partial charge in [0.25, 0.3) is 0 Å². The van der Waals surface area contributed by atoms with Crippen molar-refractivity contribution in [3.8, 4) is 0 Å². The molecule has 4 unspecified atom stereocenters. The van der Waals surface area contributed by atoms with E-state index in [-0.39, 0.29) is 25.7 Å². The van der Waals surface area contributed by atoms with Gasteiger partial charge in [-0.15, -0.1) is 0 Å². The Hall–Kier alpha value is -2.77. The first-order valence-electron chi connectivity index (χ1n) is 11.1. The highest BCUT2D eigenvalue weighted by atomic mass is 16.4. The summed E-state index contributed by atoms with van der Waals surface area (Å²) in [6.45, 7) is 2.25. The molecule has 190 valence electrons. The molecule has 4 atom stereocenters. The van der Waals surface area contributed by atoms with Gasteiger partial charge >= 0.3 is 5.97 Å². The molecule has 0 aromatic rings. The van der Waals surface area contributed by atoms with E-state index in [0.717, 1.165) is 0 Å². The van der Waals surface area contributed by atoms with Gasteiger partial charge in [-0.3, -0.25) is 19.2 Å². The molecule has 4 amide bonds. The van der Waals surface area contributed by atoms with Crippen LogP contribution in [0.4, 0.5) is 0 Å². The van der Waals surface area contributed by atoms with E-state index in [1.54, 1.807) is 0 Å². The van der Waals surface area contributed by atoms with Crippen molar-refractivity contribution in [3.63, 3.8) is 0 Å². The molecule has 33 heavy (non-hydrogen) atoms. The summed E-state index contributed by atoms with van der Waals surface area (Å²) >= 11 is 0. The molecule has 0 radical (unpaired) electrons. The number of carboxylic acids is 1. The van der Waals surface area contributed by atoms with Crippen molar-refractivity contribution in [2.75, 3.05) is 13.1 Å². The van der Waals surface area contributed by atoms with Crippen molar-refractivity contribution in [1.29, 1.82) is 0 Å². The van der Waals surface area contributed by atoms with Crippen molar-refractivity contribution < 1.29 is 29.1 Å². The number of nitrogens with two attached hydrogens (primary N) is 4. The molecule has 0 aromatic carbocycles. The molecule has 0 saturated carbocycles. The van der Waals surface area contributed by atoms with Crippen LogP contribution in [0.25, 0.3) is 0 Å². The van der Waals surface area contributed by atoms with Crippen molar-refractivity contribution in [2.45, 2.75) is 82.5 Å². The van der Waals surface area contributed by atoms with E-state index in [4.69, 9.17) is 22.9 Å².